The minimum absolute atomic E-state index is 0.0627. The molecule has 0 fully saturated rings. The van der Waals surface area contributed by atoms with Gasteiger partial charge in [0, 0.05) is 17.8 Å². The number of ether oxygens (including phenoxy) is 1. The number of nitrogens with zero attached hydrogens (tertiary/aromatic N) is 1. The van der Waals surface area contributed by atoms with Crippen LogP contribution in [-0.2, 0) is 4.79 Å². The Hall–Kier alpha value is -2.02. The molecule has 0 aromatic carbocycles. The number of primary amides is 1. The van der Waals surface area contributed by atoms with Crippen LogP contribution in [0.4, 0.5) is 0 Å². The number of aromatic nitrogens is 1. The molecule has 0 saturated carbocycles. The van der Waals surface area contributed by atoms with Gasteiger partial charge in [0.15, 0.2) is 0 Å². The number of pyridine rings is 1. The van der Waals surface area contributed by atoms with Crippen molar-refractivity contribution < 1.29 is 9.53 Å². The van der Waals surface area contributed by atoms with Crippen LogP contribution in [0.15, 0.2) is 18.3 Å². The summed E-state index contributed by atoms with van der Waals surface area (Å²) < 4.78 is 5.17. The lowest BCUT2D eigenvalue weighted by atomic mass is 10.3. The summed E-state index contributed by atoms with van der Waals surface area (Å²) >= 11 is 0. The molecule has 1 heterocycles. The average molecular weight is 204 g/mol. The molecular weight excluding hydrogens is 192 g/mol. The Morgan fingerprint density at radius 2 is 2.40 bits per heavy atom. The predicted octanol–water partition coefficient (Wildman–Crippen LogP) is 0.707. The largest absolute Gasteiger partial charge is 0.478 e. The number of carbonyl (C=O) groups excluding carboxylic acids is 1. The lowest BCUT2D eigenvalue weighted by molar-refractivity contribution is -0.117. The minimum Gasteiger partial charge on any atom is -0.478 e. The number of hydrogen-bond acceptors (Lipinski definition) is 3. The molecule has 0 aliphatic carbocycles. The summed E-state index contributed by atoms with van der Waals surface area (Å²) in [6, 6.07) is 3.52. The van der Waals surface area contributed by atoms with Crippen LogP contribution in [0.1, 0.15) is 18.9 Å². The van der Waals surface area contributed by atoms with Gasteiger partial charge in [-0.15, -0.1) is 0 Å². The quantitative estimate of drug-likeness (QED) is 0.737. The Labute approximate surface area is 88.5 Å². The van der Waals surface area contributed by atoms with E-state index >= 15 is 0 Å². The fraction of sp³-hybridized carbons (Fsp3) is 0.273. The third kappa shape index (κ3) is 4.14. The highest BCUT2D eigenvalue weighted by atomic mass is 16.5. The third-order valence-corrected chi connectivity index (χ3v) is 1.52. The first-order valence-corrected chi connectivity index (χ1v) is 4.58. The van der Waals surface area contributed by atoms with Crippen molar-refractivity contribution >= 4 is 5.91 Å². The van der Waals surface area contributed by atoms with E-state index in [4.69, 9.17) is 10.5 Å². The molecule has 2 N–H and O–H groups in total. The molecule has 15 heavy (non-hydrogen) atoms. The van der Waals surface area contributed by atoms with Crippen LogP contribution in [0, 0.1) is 11.8 Å². The molecule has 4 heteroatoms. The molecule has 0 radical (unpaired) electrons. The maximum Gasteiger partial charge on any atom is 0.229 e. The Kier molecular flexibility index (Phi) is 4.17. The molecular formula is C11H12N2O2. The zero-order valence-electron chi connectivity index (χ0n) is 8.49. The molecule has 0 saturated heterocycles. The second kappa shape index (κ2) is 5.66. The van der Waals surface area contributed by atoms with E-state index in [1.165, 1.54) is 0 Å². The molecule has 4 nitrogen and oxygen atoms in total. The molecule has 0 unspecified atom stereocenters. The summed E-state index contributed by atoms with van der Waals surface area (Å²) in [5.41, 5.74) is 5.68. The number of rotatable bonds is 3. The lowest BCUT2D eigenvalue weighted by Gasteiger charge is -1.99. The molecule has 78 valence electrons. The normalized spacial score (nSPS) is 8.87. The van der Waals surface area contributed by atoms with E-state index in [9.17, 15) is 4.79 Å². The second-order valence-corrected chi connectivity index (χ2v) is 2.76. The van der Waals surface area contributed by atoms with Crippen LogP contribution in [0.5, 0.6) is 5.88 Å². The van der Waals surface area contributed by atoms with E-state index in [-0.39, 0.29) is 6.42 Å². The van der Waals surface area contributed by atoms with Gasteiger partial charge in [0.1, 0.15) is 0 Å². The fourth-order valence-corrected chi connectivity index (χ4v) is 0.921. The number of amides is 1. The summed E-state index contributed by atoms with van der Waals surface area (Å²) in [6.45, 7) is 2.47. The summed E-state index contributed by atoms with van der Waals surface area (Å²) in [4.78, 5) is 14.4. The summed E-state index contributed by atoms with van der Waals surface area (Å²) in [7, 11) is 0. The molecule has 0 spiro atoms. The van der Waals surface area contributed by atoms with Crippen molar-refractivity contribution in [3.05, 3.63) is 23.9 Å². The van der Waals surface area contributed by atoms with Crippen LogP contribution < -0.4 is 10.5 Å². The van der Waals surface area contributed by atoms with Gasteiger partial charge in [0.25, 0.3) is 0 Å². The Balaban J connectivity index is 2.62. The van der Waals surface area contributed by atoms with Crippen LogP contribution in [-0.4, -0.2) is 17.5 Å². The molecule has 1 aromatic heterocycles. The minimum atomic E-state index is -0.429. The molecule has 0 aliphatic rings. The third-order valence-electron chi connectivity index (χ3n) is 1.52. The Bertz CT molecular complexity index is 387. The summed E-state index contributed by atoms with van der Waals surface area (Å²) in [5, 5.41) is 0. The van der Waals surface area contributed by atoms with Crippen molar-refractivity contribution in [1.29, 1.82) is 0 Å². The van der Waals surface area contributed by atoms with Gasteiger partial charge in [-0.2, -0.15) is 0 Å². The SMILES string of the molecule is CCOc1ccc(C#CCC(N)=O)cn1. The van der Waals surface area contributed by atoms with Crippen molar-refractivity contribution in [3.63, 3.8) is 0 Å². The zero-order chi connectivity index (χ0) is 11.1. The average Bonchev–Trinajstić information content (AvgIpc) is 2.20. The van der Waals surface area contributed by atoms with E-state index in [2.05, 4.69) is 16.8 Å². The first kappa shape index (κ1) is 11.1. The highest BCUT2D eigenvalue weighted by Gasteiger charge is 1.93. The smallest absolute Gasteiger partial charge is 0.229 e. The highest BCUT2D eigenvalue weighted by molar-refractivity contribution is 5.76. The van der Waals surface area contributed by atoms with E-state index in [1.54, 1.807) is 18.3 Å². The van der Waals surface area contributed by atoms with Crippen LogP contribution in [0.25, 0.3) is 0 Å². The zero-order valence-corrected chi connectivity index (χ0v) is 8.49. The van der Waals surface area contributed by atoms with Crippen LogP contribution in [0.3, 0.4) is 0 Å². The monoisotopic (exact) mass is 204 g/mol. The summed E-state index contributed by atoms with van der Waals surface area (Å²) in [5.74, 6) is 5.56. The second-order valence-electron chi connectivity index (χ2n) is 2.76. The standard InChI is InChI=1S/C11H12N2O2/c1-2-15-11-7-6-9(8-13-11)4-3-5-10(12)14/h6-8H,2,5H2,1H3,(H2,12,14). The van der Waals surface area contributed by atoms with Crippen molar-refractivity contribution in [1.82, 2.24) is 4.98 Å². The van der Waals surface area contributed by atoms with E-state index in [0.717, 1.165) is 5.56 Å². The van der Waals surface area contributed by atoms with Gasteiger partial charge >= 0.3 is 0 Å². The summed E-state index contributed by atoms with van der Waals surface area (Å²) in [6.07, 6.45) is 1.66. The maximum atomic E-state index is 10.4. The van der Waals surface area contributed by atoms with Gasteiger partial charge in [-0.05, 0) is 13.0 Å². The van der Waals surface area contributed by atoms with Crippen molar-refractivity contribution in [2.24, 2.45) is 5.73 Å². The number of carbonyl (C=O) groups is 1. The molecule has 0 bridgehead atoms. The first-order valence-electron chi connectivity index (χ1n) is 4.58. The Morgan fingerprint density at radius 3 is 2.93 bits per heavy atom. The highest BCUT2D eigenvalue weighted by Crippen LogP contribution is 2.06. The van der Waals surface area contributed by atoms with Gasteiger partial charge in [0.05, 0.1) is 13.0 Å². The van der Waals surface area contributed by atoms with Crippen molar-refractivity contribution in [3.8, 4) is 17.7 Å². The fourth-order valence-electron chi connectivity index (χ4n) is 0.921. The van der Waals surface area contributed by atoms with E-state index in [1.807, 2.05) is 6.92 Å². The molecule has 0 aliphatic heterocycles. The molecule has 1 aromatic rings. The van der Waals surface area contributed by atoms with E-state index in [0.29, 0.717) is 12.5 Å². The van der Waals surface area contributed by atoms with Crippen LogP contribution in [0.2, 0.25) is 0 Å². The van der Waals surface area contributed by atoms with Crippen LogP contribution >= 0.6 is 0 Å². The van der Waals surface area contributed by atoms with Crippen molar-refractivity contribution in [2.45, 2.75) is 13.3 Å². The lowest BCUT2D eigenvalue weighted by Crippen LogP contribution is -2.08. The number of hydrogen-bond donors (Lipinski definition) is 1. The first-order chi connectivity index (χ1) is 7.22. The van der Waals surface area contributed by atoms with Gasteiger partial charge in [-0.3, -0.25) is 4.79 Å². The van der Waals surface area contributed by atoms with Gasteiger partial charge < -0.3 is 10.5 Å². The Morgan fingerprint density at radius 1 is 1.60 bits per heavy atom. The van der Waals surface area contributed by atoms with Crippen molar-refractivity contribution in [2.75, 3.05) is 6.61 Å². The van der Waals surface area contributed by atoms with E-state index < -0.39 is 5.91 Å². The van der Waals surface area contributed by atoms with Gasteiger partial charge in [-0.1, -0.05) is 11.8 Å². The van der Waals surface area contributed by atoms with Gasteiger partial charge in [-0.25, -0.2) is 4.98 Å². The predicted molar refractivity (Wildman–Crippen MR) is 56.1 cm³/mol. The topological polar surface area (TPSA) is 65.2 Å². The molecule has 1 amide bonds. The molecule has 0 atom stereocenters. The molecule has 1 rings (SSSR count). The maximum absolute atomic E-state index is 10.4. The number of nitrogens with two attached hydrogens (primary N) is 1. The van der Waals surface area contributed by atoms with Gasteiger partial charge in [0.2, 0.25) is 11.8 Å².